The Kier molecular flexibility index (Phi) is 4.90. The van der Waals surface area contributed by atoms with Crippen LogP contribution in [0.3, 0.4) is 0 Å². The average molecular weight is 311 g/mol. The lowest BCUT2D eigenvalue weighted by molar-refractivity contribution is 0.221. The number of anilines is 2. The highest BCUT2D eigenvalue weighted by Crippen LogP contribution is 2.24. The van der Waals surface area contributed by atoms with E-state index in [-0.39, 0.29) is 23.2 Å². The SMILES string of the molecule is CCN(c1ccc(F)cc1)c1nc(Cl)nc(OC(C)C)n1. The number of halogens is 2. The number of aromatic nitrogens is 3. The van der Waals surface area contributed by atoms with Crippen LogP contribution in [0.4, 0.5) is 16.0 Å². The van der Waals surface area contributed by atoms with Crippen molar-refractivity contribution in [3.63, 3.8) is 0 Å². The highest BCUT2D eigenvalue weighted by Gasteiger charge is 2.15. The van der Waals surface area contributed by atoms with E-state index in [1.807, 2.05) is 20.8 Å². The summed E-state index contributed by atoms with van der Waals surface area (Å²) in [6.45, 7) is 6.26. The zero-order valence-corrected chi connectivity index (χ0v) is 12.8. The summed E-state index contributed by atoms with van der Waals surface area (Å²) in [4.78, 5) is 14.1. The number of benzene rings is 1. The maximum Gasteiger partial charge on any atom is 0.322 e. The van der Waals surface area contributed by atoms with Gasteiger partial charge in [-0.15, -0.1) is 0 Å². The van der Waals surface area contributed by atoms with Crippen molar-refractivity contribution in [1.29, 1.82) is 0 Å². The van der Waals surface area contributed by atoms with Crippen LogP contribution in [0, 0.1) is 5.82 Å². The normalized spacial score (nSPS) is 10.8. The molecule has 0 fully saturated rings. The first kappa shape index (κ1) is 15.4. The minimum atomic E-state index is -0.299. The quantitative estimate of drug-likeness (QED) is 0.844. The van der Waals surface area contributed by atoms with Crippen LogP contribution in [-0.4, -0.2) is 27.6 Å². The molecule has 2 aromatic rings. The van der Waals surface area contributed by atoms with Crippen molar-refractivity contribution in [3.05, 3.63) is 35.4 Å². The minimum absolute atomic E-state index is 0.0520. The first-order valence-electron chi connectivity index (χ1n) is 6.61. The van der Waals surface area contributed by atoms with Gasteiger partial charge in [-0.3, -0.25) is 0 Å². The fourth-order valence-electron chi connectivity index (χ4n) is 1.77. The van der Waals surface area contributed by atoms with Gasteiger partial charge in [0, 0.05) is 12.2 Å². The van der Waals surface area contributed by atoms with Crippen LogP contribution in [0.2, 0.25) is 5.28 Å². The fraction of sp³-hybridized carbons (Fsp3) is 0.357. The van der Waals surface area contributed by atoms with Crippen molar-refractivity contribution >= 4 is 23.2 Å². The molecule has 112 valence electrons. The van der Waals surface area contributed by atoms with Crippen LogP contribution in [0.15, 0.2) is 24.3 Å². The Morgan fingerprint density at radius 1 is 1.19 bits per heavy atom. The zero-order valence-electron chi connectivity index (χ0n) is 12.0. The van der Waals surface area contributed by atoms with Crippen LogP contribution in [0.5, 0.6) is 6.01 Å². The molecule has 0 N–H and O–H groups in total. The predicted molar refractivity (Wildman–Crippen MR) is 79.7 cm³/mol. The van der Waals surface area contributed by atoms with Crippen LogP contribution in [-0.2, 0) is 0 Å². The Morgan fingerprint density at radius 3 is 2.43 bits per heavy atom. The molecule has 0 saturated heterocycles. The molecular weight excluding hydrogens is 295 g/mol. The van der Waals surface area contributed by atoms with E-state index in [0.717, 1.165) is 5.69 Å². The summed E-state index contributed by atoms with van der Waals surface area (Å²) in [6.07, 6.45) is -0.0720. The second-order valence-electron chi connectivity index (χ2n) is 4.57. The molecule has 7 heteroatoms. The topological polar surface area (TPSA) is 51.1 Å². The van der Waals surface area contributed by atoms with Crippen LogP contribution < -0.4 is 9.64 Å². The molecule has 1 heterocycles. The maximum atomic E-state index is 13.0. The minimum Gasteiger partial charge on any atom is -0.461 e. The number of rotatable bonds is 5. The molecule has 0 radical (unpaired) electrons. The molecule has 0 aliphatic rings. The number of ether oxygens (including phenoxy) is 1. The third kappa shape index (κ3) is 4.01. The Morgan fingerprint density at radius 2 is 1.86 bits per heavy atom. The molecule has 5 nitrogen and oxygen atoms in total. The highest BCUT2D eigenvalue weighted by molar-refractivity contribution is 6.28. The van der Waals surface area contributed by atoms with Crippen molar-refractivity contribution < 1.29 is 9.13 Å². The molecule has 0 aliphatic carbocycles. The molecule has 0 bridgehead atoms. The van der Waals surface area contributed by atoms with Crippen LogP contribution in [0.25, 0.3) is 0 Å². The molecule has 0 spiro atoms. The molecule has 1 aromatic heterocycles. The smallest absolute Gasteiger partial charge is 0.322 e. The number of nitrogens with zero attached hydrogens (tertiary/aromatic N) is 4. The van der Waals surface area contributed by atoms with E-state index in [2.05, 4.69) is 15.0 Å². The highest BCUT2D eigenvalue weighted by atomic mass is 35.5. The average Bonchev–Trinajstić information content (AvgIpc) is 2.40. The van der Waals surface area contributed by atoms with E-state index in [0.29, 0.717) is 12.5 Å². The van der Waals surface area contributed by atoms with Gasteiger partial charge in [-0.2, -0.15) is 15.0 Å². The largest absolute Gasteiger partial charge is 0.461 e. The standard InChI is InChI=1S/C14H16ClFN4O/c1-4-20(11-7-5-10(16)6-8-11)13-17-12(15)18-14(19-13)21-9(2)3/h5-9H,4H2,1-3H3. The Labute approximate surface area is 127 Å². The summed E-state index contributed by atoms with van der Waals surface area (Å²) in [5, 5.41) is 0.0520. The summed E-state index contributed by atoms with van der Waals surface area (Å²) >= 11 is 5.92. The predicted octanol–water partition coefficient (Wildman–Crippen LogP) is 3.61. The fourth-order valence-corrected chi connectivity index (χ4v) is 1.91. The summed E-state index contributed by atoms with van der Waals surface area (Å²) in [5.41, 5.74) is 0.761. The first-order valence-corrected chi connectivity index (χ1v) is 6.98. The van der Waals surface area contributed by atoms with Gasteiger partial charge < -0.3 is 9.64 Å². The molecule has 0 saturated carbocycles. The van der Waals surface area contributed by atoms with Gasteiger partial charge in [0.25, 0.3) is 0 Å². The van der Waals surface area contributed by atoms with Gasteiger partial charge >= 0.3 is 6.01 Å². The number of hydrogen-bond acceptors (Lipinski definition) is 5. The molecule has 21 heavy (non-hydrogen) atoms. The number of hydrogen-bond donors (Lipinski definition) is 0. The third-order valence-electron chi connectivity index (χ3n) is 2.61. The maximum absolute atomic E-state index is 13.0. The van der Waals surface area contributed by atoms with Crippen LogP contribution >= 0.6 is 11.6 Å². The van der Waals surface area contributed by atoms with E-state index in [4.69, 9.17) is 16.3 Å². The molecular formula is C14H16ClFN4O. The Hall–Kier alpha value is -1.95. The third-order valence-corrected chi connectivity index (χ3v) is 2.78. The van der Waals surface area contributed by atoms with E-state index in [1.165, 1.54) is 12.1 Å². The summed E-state index contributed by atoms with van der Waals surface area (Å²) in [6, 6.07) is 6.23. The van der Waals surface area contributed by atoms with Gasteiger partial charge in [0.15, 0.2) is 0 Å². The van der Waals surface area contributed by atoms with E-state index >= 15 is 0 Å². The van der Waals surface area contributed by atoms with Gasteiger partial charge in [-0.05, 0) is 56.6 Å². The van der Waals surface area contributed by atoms with Crippen molar-refractivity contribution in [2.24, 2.45) is 0 Å². The Bertz CT molecular complexity index is 606. The van der Waals surface area contributed by atoms with Gasteiger partial charge in [-0.1, -0.05) is 0 Å². The van der Waals surface area contributed by atoms with Crippen molar-refractivity contribution in [2.45, 2.75) is 26.9 Å². The first-order chi connectivity index (χ1) is 9.99. The molecule has 0 atom stereocenters. The van der Waals surface area contributed by atoms with Gasteiger partial charge in [0.1, 0.15) is 5.82 Å². The Balaban J connectivity index is 2.37. The van der Waals surface area contributed by atoms with Crippen LogP contribution in [0.1, 0.15) is 20.8 Å². The zero-order chi connectivity index (χ0) is 15.4. The van der Waals surface area contributed by atoms with Crippen molar-refractivity contribution in [1.82, 2.24) is 15.0 Å². The summed E-state index contributed by atoms with van der Waals surface area (Å²) < 4.78 is 18.5. The van der Waals surface area contributed by atoms with Crippen molar-refractivity contribution in [3.8, 4) is 6.01 Å². The molecule has 1 aromatic carbocycles. The second-order valence-corrected chi connectivity index (χ2v) is 4.91. The lowest BCUT2D eigenvalue weighted by Crippen LogP contribution is -2.20. The summed E-state index contributed by atoms with van der Waals surface area (Å²) in [5.74, 6) is 0.0621. The van der Waals surface area contributed by atoms with Gasteiger partial charge in [-0.25, -0.2) is 4.39 Å². The second kappa shape index (κ2) is 6.67. The lowest BCUT2D eigenvalue weighted by Gasteiger charge is -2.21. The monoisotopic (exact) mass is 310 g/mol. The molecule has 0 amide bonds. The van der Waals surface area contributed by atoms with E-state index in [9.17, 15) is 4.39 Å². The van der Waals surface area contributed by atoms with E-state index in [1.54, 1.807) is 17.0 Å². The van der Waals surface area contributed by atoms with Gasteiger partial charge in [0.2, 0.25) is 11.2 Å². The van der Waals surface area contributed by atoms with E-state index < -0.39 is 0 Å². The van der Waals surface area contributed by atoms with Crippen molar-refractivity contribution in [2.75, 3.05) is 11.4 Å². The lowest BCUT2D eigenvalue weighted by atomic mass is 10.3. The molecule has 0 aliphatic heterocycles. The van der Waals surface area contributed by atoms with Gasteiger partial charge in [0.05, 0.1) is 6.10 Å². The summed E-state index contributed by atoms with van der Waals surface area (Å²) in [7, 11) is 0. The molecule has 2 rings (SSSR count). The molecule has 0 unspecified atom stereocenters.